The number of carbonyl (C=O) groups excluding carboxylic acids is 1. The Balaban J connectivity index is 2.06. The molecule has 1 aliphatic carbocycles. The van der Waals surface area contributed by atoms with Crippen LogP contribution in [-0.4, -0.2) is 18.2 Å². The lowest BCUT2D eigenvalue weighted by Gasteiger charge is -2.33. The van der Waals surface area contributed by atoms with Crippen LogP contribution < -0.4 is 0 Å². The largest absolute Gasteiger partial charge is 0.493 e. The smallest absolute Gasteiger partial charge is 0.343 e. The fraction of sp³-hybridized carbons (Fsp3) is 0.526. The summed E-state index contributed by atoms with van der Waals surface area (Å²) < 4.78 is 12.0. The van der Waals surface area contributed by atoms with Gasteiger partial charge in [0.15, 0.2) is 11.4 Å². The van der Waals surface area contributed by atoms with Crippen LogP contribution in [0.1, 0.15) is 57.4 Å². The van der Waals surface area contributed by atoms with Crippen LogP contribution in [-0.2, 0) is 14.3 Å². The van der Waals surface area contributed by atoms with Crippen molar-refractivity contribution in [1.82, 2.24) is 0 Å². The number of hydrogen-bond donors (Lipinski definition) is 0. The Hall–Kier alpha value is -1.19. The Morgan fingerprint density at radius 2 is 1.96 bits per heavy atom. The van der Waals surface area contributed by atoms with Crippen molar-refractivity contribution in [3.05, 3.63) is 39.6 Å². The van der Waals surface area contributed by atoms with Gasteiger partial charge < -0.3 is 9.47 Å². The summed E-state index contributed by atoms with van der Waals surface area (Å²) in [5, 5.41) is 0.982. The second-order valence-corrected chi connectivity index (χ2v) is 7.32. The molecule has 1 aromatic carbocycles. The normalized spacial score (nSPS) is 19.7. The van der Waals surface area contributed by atoms with E-state index in [0.717, 1.165) is 38.5 Å². The van der Waals surface area contributed by atoms with Crippen LogP contribution in [0, 0.1) is 0 Å². The van der Waals surface area contributed by atoms with Crippen molar-refractivity contribution in [1.29, 1.82) is 0 Å². The minimum absolute atomic E-state index is 0.340. The molecule has 24 heavy (non-hydrogen) atoms. The summed E-state index contributed by atoms with van der Waals surface area (Å²) in [6.45, 7) is 2.69. The number of hydrogen-bond acceptors (Lipinski definition) is 3. The van der Waals surface area contributed by atoms with Crippen molar-refractivity contribution in [2.75, 3.05) is 6.61 Å². The minimum atomic E-state index is -0.610. The van der Waals surface area contributed by atoms with Gasteiger partial charge in [0, 0.05) is 10.6 Å². The molecule has 1 aliphatic heterocycles. The fourth-order valence-electron chi connectivity index (χ4n) is 3.49. The van der Waals surface area contributed by atoms with E-state index in [1.54, 1.807) is 18.2 Å². The predicted molar refractivity (Wildman–Crippen MR) is 96.2 cm³/mol. The van der Waals surface area contributed by atoms with Crippen molar-refractivity contribution in [2.45, 2.75) is 57.5 Å². The lowest BCUT2D eigenvalue weighted by molar-refractivity contribution is -0.150. The van der Waals surface area contributed by atoms with E-state index < -0.39 is 5.60 Å². The zero-order valence-electron chi connectivity index (χ0n) is 13.9. The molecule has 0 radical (unpaired) electrons. The Kier molecular flexibility index (Phi) is 5.41. The molecule has 1 heterocycles. The van der Waals surface area contributed by atoms with Gasteiger partial charge in [-0.1, -0.05) is 49.0 Å². The topological polar surface area (TPSA) is 35.5 Å². The van der Waals surface area contributed by atoms with Gasteiger partial charge in [-0.3, -0.25) is 0 Å². The van der Waals surface area contributed by atoms with E-state index in [0.29, 0.717) is 33.5 Å². The van der Waals surface area contributed by atoms with Gasteiger partial charge in [-0.15, -0.1) is 0 Å². The fourth-order valence-corrected chi connectivity index (χ4v) is 4.00. The number of rotatable bonds is 5. The van der Waals surface area contributed by atoms with E-state index in [1.807, 2.05) is 0 Å². The monoisotopic (exact) mass is 368 g/mol. The molecule has 0 N–H and O–H groups in total. The third kappa shape index (κ3) is 3.29. The molecule has 2 aliphatic rings. The number of carbonyl (C=O) groups is 1. The van der Waals surface area contributed by atoms with Crippen LogP contribution in [0.5, 0.6) is 0 Å². The average molecular weight is 369 g/mol. The number of benzene rings is 1. The van der Waals surface area contributed by atoms with Gasteiger partial charge in [-0.05, 0) is 44.2 Å². The molecular weight excluding hydrogens is 347 g/mol. The molecular formula is C19H22Cl2O3. The van der Waals surface area contributed by atoms with Gasteiger partial charge in [-0.2, -0.15) is 0 Å². The standard InChI is InChI=1S/C19H22Cl2O3/c1-2-3-11-23-17-16(14-8-7-13(20)12-15(14)21)18(22)24-19(17)9-5-4-6-10-19/h7-8,12H,2-6,9-11H2,1H3. The maximum atomic E-state index is 12.7. The molecule has 1 fully saturated rings. The number of ether oxygens (including phenoxy) is 2. The van der Waals surface area contributed by atoms with Gasteiger partial charge in [-0.25, -0.2) is 4.79 Å². The summed E-state index contributed by atoms with van der Waals surface area (Å²) in [6.07, 6.45) is 6.84. The Morgan fingerprint density at radius 3 is 2.62 bits per heavy atom. The van der Waals surface area contributed by atoms with Crippen LogP contribution in [0.3, 0.4) is 0 Å². The molecule has 3 nitrogen and oxygen atoms in total. The van der Waals surface area contributed by atoms with E-state index in [9.17, 15) is 4.79 Å². The van der Waals surface area contributed by atoms with Crippen LogP contribution in [0.25, 0.3) is 5.57 Å². The van der Waals surface area contributed by atoms with Gasteiger partial charge in [0.2, 0.25) is 0 Å². The maximum Gasteiger partial charge on any atom is 0.343 e. The number of esters is 1. The van der Waals surface area contributed by atoms with Gasteiger partial charge in [0.25, 0.3) is 0 Å². The minimum Gasteiger partial charge on any atom is -0.493 e. The summed E-state index contributed by atoms with van der Waals surface area (Å²) in [7, 11) is 0. The van der Waals surface area contributed by atoms with E-state index in [1.165, 1.54) is 6.42 Å². The van der Waals surface area contributed by atoms with Crippen LogP contribution >= 0.6 is 23.2 Å². The van der Waals surface area contributed by atoms with E-state index >= 15 is 0 Å². The summed E-state index contributed by atoms with van der Waals surface area (Å²) >= 11 is 12.3. The van der Waals surface area contributed by atoms with Gasteiger partial charge >= 0.3 is 5.97 Å². The predicted octanol–water partition coefficient (Wildman–Crippen LogP) is 5.78. The lowest BCUT2D eigenvalue weighted by atomic mass is 9.82. The molecule has 5 heteroatoms. The molecule has 0 amide bonds. The van der Waals surface area contributed by atoms with Crippen molar-refractivity contribution >= 4 is 34.7 Å². The maximum absolute atomic E-state index is 12.7. The van der Waals surface area contributed by atoms with E-state index in [4.69, 9.17) is 32.7 Å². The average Bonchev–Trinajstić information content (AvgIpc) is 2.80. The van der Waals surface area contributed by atoms with Gasteiger partial charge in [0.05, 0.1) is 11.6 Å². The number of unbranched alkanes of at least 4 members (excludes halogenated alkanes) is 1. The molecule has 1 saturated carbocycles. The first kappa shape index (κ1) is 17.6. The van der Waals surface area contributed by atoms with Crippen molar-refractivity contribution in [3.63, 3.8) is 0 Å². The third-order valence-electron chi connectivity index (χ3n) is 4.74. The van der Waals surface area contributed by atoms with Crippen molar-refractivity contribution < 1.29 is 14.3 Å². The van der Waals surface area contributed by atoms with Crippen molar-refractivity contribution in [2.24, 2.45) is 0 Å². The van der Waals surface area contributed by atoms with Crippen LogP contribution in [0.4, 0.5) is 0 Å². The summed E-state index contributed by atoms with van der Waals surface area (Å²) in [5.74, 6) is 0.331. The highest BCUT2D eigenvalue weighted by Crippen LogP contribution is 2.48. The highest BCUT2D eigenvalue weighted by molar-refractivity contribution is 6.37. The molecule has 0 atom stereocenters. The zero-order valence-corrected chi connectivity index (χ0v) is 15.4. The summed E-state index contributed by atoms with van der Waals surface area (Å²) in [5.41, 5.74) is 0.496. The first-order valence-electron chi connectivity index (χ1n) is 8.64. The van der Waals surface area contributed by atoms with E-state index in [2.05, 4.69) is 6.92 Å². The number of halogens is 2. The molecule has 1 aromatic rings. The summed E-state index contributed by atoms with van der Waals surface area (Å²) in [4.78, 5) is 12.7. The van der Waals surface area contributed by atoms with Crippen LogP contribution in [0.15, 0.2) is 24.0 Å². The Morgan fingerprint density at radius 1 is 1.21 bits per heavy atom. The molecule has 0 aromatic heterocycles. The molecule has 130 valence electrons. The molecule has 0 unspecified atom stereocenters. The third-order valence-corrected chi connectivity index (χ3v) is 5.29. The highest BCUT2D eigenvalue weighted by atomic mass is 35.5. The molecule has 0 saturated heterocycles. The quantitative estimate of drug-likeness (QED) is 0.487. The zero-order chi connectivity index (χ0) is 17.2. The van der Waals surface area contributed by atoms with E-state index in [-0.39, 0.29) is 5.97 Å². The highest BCUT2D eigenvalue weighted by Gasteiger charge is 2.50. The first-order chi connectivity index (χ1) is 11.6. The van der Waals surface area contributed by atoms with Crippen LogP contribution in [0.2, 0.25) is 10.0 Å². The second-order valence-electron chi connectivity index (χ2n) is 6.47. The van der Waals surface area contributed by atoms with Crippen molar-refractivity contribution in [3.8, 4) is 0 Å². The Labute approximate surface area is 152 Å². The Bertz CT molecular complexity index is 661. The molecule has 1 spiro atoms. The SMILES string of the molecule is CCCCOC1=C(c2ccc(Cl)cc2Cl)C(=O)OC12CCCCC2. The molecule has 0 bridgehead atoms. The second kappa shape index (κ2) is 7.37. The van der Waals surface area contributed by atoms with Gasteiger partial charge in [0.1, 0.15) is 5.57 Å². The lowest BCUT2D eigenvalue weighted by Crippen LogP contribution is -2.35. The molecule has 3 rings (SSSR count). The first-order valence-corrected chi connectivity index (χ1v) is 9.39. The summed E-state index contributed by atoms with van der Waals surface area (Å²) in [6, 6.07) is 5.15.